The molecular weight excluding hydrogens is 198 g/mol. The van der Waals surface area contributed by atoms with E-state index in [9.17, 15) is 5.11 Å². The van der Waals surface area contributed by atoms with Crippen molar-refractivity contribution in [2.75, 3.05) is 13.3 Å². The number of hydrogen-bond donors (Lipinski definition) is 1. The highest BCUT2D eigenvalue weighted by Gasteiger charge is 2.15. The Bertz CT molecular complexity index is 415. The number of hydrogen-bond acceptors (Lipinski definition) is 4. The van der Waals surface area contributed by atoms with Gasteiger partial charge in [0.2, 0.25) is 6.79 Å². The first-order valence-electron chi connectivity index (χ1n) is 4.39. The summed E-state index contributed by atoms with van der Waals surface area (Å²) in [4.78, 5) is 2.58. The predicted molar refractivity (Wildman–Crippen MR) is 51.5 cm³/mol. The van der Waals surface area contributed by atoms with Crippen molar-refractivity contribution >= 4 is 0 Å². The lowest BCUT2D eigenvalue weighted by Crippen LogP contribution is -2.00. The number of ether oxygens (including phenoxy) is 2. The lowest BCUT2D eigenvalue weighted by molar-refractivity contribution is 0.172. The zero-order chi connectivity index (χ0) is 10.7. The lowest BCUT2D eigenvalue weighted by atomic mass is 10.1. The van der Waals surface area contributed by atoms with Crippen LogP contribution in [0, 0.1) is 0 Å². The second kappa shape index (κ2) is 4.08. The molecule has 0 bridgehead atoms. The van der Waals surface area contributed by atoms with Gasteiger partial charge in [0.25, 0.3) is 0 Å². The van der Waals surface area contributed by atoms with Gasteiger partial charge >= 0.3 is 0 Å². The summed E-state index contributed by atoms with van der Waals surface area (Å²) in [5.74, 6) is 1.27. The summed E-state index contributed by atoms with van der Waals surface area (Å²) in [6.07, 6.45) is -0.810. The molecule has 0 unspecified atom stereocenters. The Labute approximate surface area is 85.7 Å². The summed E-state index contributed by atoms with van der Waals surface area (Å²) in [5.41, 5.74) is 8.76. The van der Waals surface area contributed by atoms with Gasteiger partial charge in [-0.05, 0) is 23.2 Å². The van der Waals surface area contributed by atoms with Crippen LogP contribution in [-0.4, -0.2) is 18.4 Å². The molecular formula is C9H9N3O3. The molecule has 0 radical (unpaired) electrons. The fourth-order valence-electron chi connectivity index (χ4n) is 1.34. The Hall–Kier alpha value is -1.91. The van der Waals surface area contributed by atoms with Crippen LogP contribution in [0.1, 0.15) is 11.7 Å². The van der Waals surface area contributed by atoms with Gasteiger partial charge in [-0.25, -0.2) is 0 Å². The normalized spacial score (nSPS) is 14.5. The molecule has 0 spiro atoms. The Morgan fingerprint density at radius 2 is 2.27 bits per heavy atom. The first-order chi connectivity index (χ1) is 7.31. The van der Waals surface area contributed by atoms with Crippen LogP contribution in [0.15, 0.2) is 23.3 Å². The van der Waals surface area contributed by atoms with Crippen LogP contribution < -0.4 is 9.47 Å². The fraction of sp³-hybridized carbons (Fsp3) is 0.333. The molecule has 0 fully saturated rings. The highest BCUT2D eigenvalue weighted by Crippen LogP contribution is 2.34. The van der Waals surface area contributed by atoms with Crippen molar-refractivity contribution in [1.82, 2.24) is 0 Å². The minimum absolute atomic E-state index is 0.0101. The second-order valence-corrected chi connectivity index (χ2v) is 3.04. The molecule has 1 heterocycles. The van der Waals surface area contributed by atoms with Crippen molar-refractivity contribution < 1.29 is 14.6 Å². The van der Waals surface area contributed by atoms with Crippen molar-refractivity contribution in [3.05, 3.63) is 34.2 Å². The van der Waals surface area contributed by atoms with Gasteiger partial charge < -0.3 is 14.6 Å². The van der Waals surface area contributed by atoms with Gasteiger partial charge in [-0.15, -0.1) is 0 Å². The molecule has 15 heavy (non-hydrogen) atoms. The quantitative estimate of drug-likeness (QED) is 0.465. The highest BCUT2D eigenvalue weighted by molar-refractivity contribution is 5.45. The molecule has 0 saturated carbocycles. The Kier molecular flexibility index (Phi) is 2.62. The molecule has 1 aromatic carbocycles. The highest BCUT2D eigenvalue weighted by atomic mass is 16.7. The topological polar surface area (TPSA) is 87.5 Å². The van der Waals surface area contributed by atoms with Crippen molar-refractivity contribution in [3.8, 4) is 11.5 Å². The number of fused-ring (bicyclic) bond motifs is 1. The standard InChI is InChI=1S/C9H9N3O3/c10-12-11-4-7(13)6-1-2-8-9(3-6)15-5-14-8/h1-3,7,13H,4-5H2/t7-/m1/s1. The van der Waals surface area contributed by atoms with Crippen LogP contribution in [0.5, 0.6) is 11.5 Å². The van der Waals surface area contributed by atoms with Gasteiger partial charge in [0.15, 0.2) is 11.5 Å². The SMILES string of the molecule is [N-]=[N+]=NC[C@@H](O)c1ccc2c(c1)OCO2. The Balaban J connectivity index is 2.18. The van der Waals surface area contributed by atoms with Crippen LogP contribution in [-0.2, 0) is 0 Å². The average Bonchev–Trinajstić information content (AvgIpc) is 2.72. The number of rotatable bonds is 3. The van der Waals surface area contributed by atoms with E-state index < -0.39 is 6.10 Å². The molecule has 1 aliphatic rings. The third-order valence-electron chi connectivity index (χ3n) is 2.10. The second-order valence-electron chi connectivity index (χ2n) is 3.04. The first-order valence-corrected chi connectivity index (χ1v) is 4.39. The van der Waals surface area contributed by atoms with Gasteiger partial charge in [-0.1, -0.05) is 11.2 Å². The third-order valence-corrected chi connectivity index (χ3v) is 2.10. The molecule has 1 atom stereocenters. The number of aliphatic hydroxyl groups is 1. The van der Waals surface area contributed by atoms with Gasteiger partial charge in [-0.3, -0.25) is 0 Å². The van der Waals surface area contributed by atoms with Gasteiger partial charge in [0.05, 0.1) is 12.6 Å². The summed E-state index contributed by atoms with van der Waals surface area (Å²) in [5, 5.41) is 12.9. The van der Waals surface area contributed by atoms with Gasteiger partial charge in [0.1, 0.15) is 0 Å². The Morgan fingerprint density at radius 1 is 1.47 bits per heavy atom. The monoisotopic (exact) mass is 207 g/mol. The van der Waals surface area contributed by atoms with E-state index in [1.807, 2.05) is 0 Å². The van der Waals surface area contributed by atoms with Gasteiger partial charge in [-0.2, -0.15) is 0 Å². The minimum atomic E-state index is -0.810. The van der Waals surface area contributed by atoms with E-state index in [1.165, 1.54) is 0 Å². The van der Waals surface area contributed by atoms with Crippen molar-refractivity contribution in [2.24, 2.45) is 5.11 Å². The smallest absolute Gasteiger partial charge is 0.231 e. The number of nitrogens with zero attached hydrogens (tertiary/aromatic N) is 3. The molecule has 1 N–H and O–H groups in total. The molecule has 1 aromatic rings. The van der Waals surface area contributed by atoms with Gasteiger partial charge in [0, 0.05) is 4.91 Å². The van der Waals surface area contributed by atoms with Crippen LogP contribution in [0.4, 0.5) is 0 Å². The summed E-state index contributed by atoms with van der Waals surface area (Å²) >= 11 is 0. The number of azide groups is 1. The number of aliphatic hydroxyl groups excluding tert-OH is 1. The molecule has 1 aliphatic heterocycles. The summed E-state index contributed by atoms with van der Waals surface area (Å²) in [7, 11) is 0. The fourth-order valence-corrected chi connectivity index (χ4v) is 1.34. The summed E-state index contributed by atoms with van der Waals surface area (Å²) in [6.45, 7) is 0.210. The summed E-state index contributed by atoms with van der Waals surface area (Å²) in [6, 6.07) is 5.11. The van der Waals surface area contributed by atoms with E-state index in [2.05, 4.69) is 10.0 Å². The van der Waals surface area contributed by atoms with Crippen molar-refractivity contribution in [2.45, 2.75) is 6.10 Å². The average molecular weight is 207 g/mol. The van der Waals surface area contributed by atoms with Crippen molar-refractivity contribution in [1.29, 1.82) is 0 Å². The molecule has 0 aromatic heterocycles. The zero-order valence-electron chi connectivity index (χ0n) is 7.83. The Morgan fingerprint density at radius 3 is 3.07 bits per heavy atom. The van der Waals surface area contributed by atoms with E-state index in [-0.39, 0.29) is 13.3 Å². The maximum absolute atomic E-state index is 9.62. The lowest BCUT2D eigenvalue weighted by Gasteiger charge is -2.07. The first kappa shape index (κ1) is 9.64. The molecule has 0 aliphatic carbocycles. The van der Waals surface area contributed by atoms with Crippen LogP contribution in [0.3, 0.4) is 0 Å². The molecule has 0 amide bonds. The summed E-state index contributed by atoms with van der Waals surface area (Å²) < 4.78 is 10.3. The van der Waals surface area contributed by atoms with E-state index >= 15 is 0 Å². The molecule has 0 saturated heterocycles. The zero-order valence-corrected chi connectivity index (χ0v) is 7.83. The molecule has 78 valence electrons. The van der Waals surface area contributed by atoms with Crippen LogP contribution >= 0.6 is 0 Å². The predicted octanol–water partition coefficient (Wildman–Crippen LogP) is 1.76. The van der Waals surface area contributed by atoms with Crippen LogP contribution in [0.2, 0.25) is 0 Å². The van der Waals surface area contributed by atoms with Crippen LogP contribution in [0.25, 0.3) is 10.4 Å². The molecule has 2 rings (SSSR count). The minimum Gasteiger partial charge on any atom is -0.454 e. The maximum Gasteiger partial charge on any atom is 0.231 e. The maximum atomic E-state index is 9.62. The number of benzene rings is 1. The van der Waals surface area contributed by atoms with E-state index in [1.54, 1.807) is 18.2 Å². The van der Waals surface area contributed by atoms with E-state index in [0.717, 1.165) is 0 Å². The van der Waals surface area contributed by atoms with E-state index in [4.69, 9.17) is 15.0 Å². The van der Waals surface area contributed by atoms with Crippen molar-refractivity contribution in [3.63, 3.8) is 0 Å². The third kappa shape index (κ3) is 1.96. The molecule has 6 nitrogen and oxygen atoms in total. The molecule has 6 heteroatoms. The van der Waals surface area contributed by atoms with E-state index in [0.29, 0.717) is 17.1 Å². The largest absolute Gasteiger partial charge is 0.454 e.